The van der Waals surface area contributed by atoms with Gasteiger partial charge in [0.2, 0.25) is 0 Å². The molecule has 28 heavy (non-hydrogen) atoms. The summed E-state index contributed by atoms with van der Waals surface area (Å²) in [5.41, 5.74) is 4.85. The molecular weight excluding hydrogens is 374 g/mol. The Hall–Kier alpha value is -2.76. The molecule has 0 unspecified atom stereocenters. The predicted molar refractivity (Wildman–Crippen MR) is 111 cm³/mol. The third-order valence-electron chi connectivity index (χ3n) is 5.60. The molecule has 3 rings (SSSR count). The summed E-state index contributed by atoms with van der Waals surface area (Å²) in [6.45, 7) is 10.1. The molecule has 7 nitrogen and oxygen atoms in total. The maximum atomic E-state index is 10.8. The molecule has 1 aromatic heterocycles. The molecule has 0 saturated carbocycles. The highest BCUT2D eigenvalue weighted by atomic mass is 32.1. The van der Waals surface area contributed by atoms with Gasteiger partial charge in [0.1, 0.15) is 10.7 Å². The standard InChI is InChI=1S/C20H23N5O2S/c1-14-15(2)19(12-21)20(28)24(16(14)3)13-22-8-10-23(11-9-22)17-4-6-18(7-5-17)25(26)27/h4-7H,8-11,13H2,1-3H3. The molecular formula is C20H23N5O2S. The minimum atomic E-state index is -0.382. The number of piperazine rings is 1. The molecule has 0 radical (unpaired) electrons. The van der Waals surface area contributed by atoms with Crippen LogP contribution in [0.1, 0.15) is 22.4 Å². The summed E-state index contributed by atoms with van der Waals surface area (Å²) in [5.74, 6) is 0. The molecule has 8 heteroatoms. The molecule has 0 bridgehead atoms. The van der Waals surface area contributed by atoms with Crippen LogP contribution >= 0.6 is 12.2 Å². The van der Waals surface area contributed by atoms with Crippen LogP contribution in [0.4, 0.5) is 11.4 Å². The van der Waals surface area contributed by atoms with Crippen LogP contribution in [0.3, 0.4) is 0 Å². The first-order valence-corrected chi connectivity index (χ1v) is 9.56. The first-order valence-electron chi connectivity index (χ1n) is 9.16. The maximum absolute atomic E-state index is 10.8. The van der Waals surface area contributed by atoms with Gasteiger partial charge in [-0.3, -0.25) is 15.0 Å². The van der Waals surface area contributed by atoms with Gasteiger partial charge in [0, 0.05) is 49.7 Å². The van der Waals surface area contributed by atoms with E-state index in [0.717, 1.165) is 48.7 Å². The normalized spacial score (nSPS) is 14.7. The molecule has 1 fully saturated rings. The Kier molecular flexibility index (Phi) is 5.77. The fourth-order valence-electron chi connectivity index (χ4n) is 3.54. The zero-order valence-corrected chi connectivity index (χ0v) is 17.1. The highest BCUT2D eigenvalue weighted by Crippen LogP contribution is 2.22. The third kappa shape index (κ3) is 3.77. The van der Waals surface area contributed by atoms with Crippen molar-refractivity contribution in [1.82, 2.24) is 9.47 Å². The van der Waals surface area contributed by atoms with Crippen LogP contribution < -0.4 is 4.90 Å². The molecule has 0 atom stereocenters. The Bertz CT molecular complexity index is 999. The summed E-state index contributed by atoms with van der Waals surface area (Å²) in [5, 5.41) is 20.3. The van der Waals surface area contributed by atoms with Crippen molar-refractivity contribution >= 4 is 23.6 Å². The largest absolute Gasteiger partial charge is 0.369 e. The highest BCUT2D eigenvalue weighted by molar-refractivity contribution is 7.71. The van der Waals surface area contributed by atoms with Crippen LogP contribution in [0, 0.1) is 46.9 Å². The van der Waals surface area contributed by atoms with Crippen LogP contribution in [0.2, 0.25) is 0 Å². The molecule has 146 valence electrons. The van der Waals surface area contributed by atoms with Gasteiger partial charge in [-0.25, -0.2) is 0 Å². The SMILES string of the molecule is Cc1c(C)c(C)n(CN2CCN(c3ccc([N+](=O)[O-])cc3)CC2)c(=S)c1C#N. The van der Waals surface area contributed by atoms with Crippen molar-refractivity contribution in [3.8, 4) is 6.07 Å². The number of hydrogen-bond donors (Lipinski definition) is 0. The number of nitriles is 1. The van der Waals surface area contributed by atoms with E-state index >= 15 is 0 Å². The van der Waals surface area contributed by atoms with E-state index in [2.05, 4.69) is 20.4 Å². The first kappa shape index (κ1) is 20.0. The smallest absolute Gasteiger partial charge is 0.269 e. The van der Waals surface area contributed by atoms with Crippen molar-refractivity contribution in [1.29, 1.82) is 5.26 Å². The molecule has 0 amide bonds. The molecule has 1 aliphatic heterocycles. The summed E-state index contributed by atoms with van der Waals surface area (Å²) >= 11 is 5.58. The second-order valence-corrected chi connectivity index (χ2v) is 7.46. The molecule has 2 heterocycles. The lowest BCUT2D eigenvalue weighted by Gasteiger charge is -2.36. The van der Waals surface area contributed by atoms with Crippen molar-refractivity contribution in [2.45, 2.75) is 27.4 Å². The van der Waals surface area contributed by atoms with E-state index < -0.39 is 0 Å². The highest BCUT2D eigenvalue weighted by Gasteiger charge is 2.20. The van der Waals surface area contributed by atoms with Crippen LogP contribution in [0.5, 0.6) is 0 Å². The van der Waals surface area contributed by atoms with Gasteiger partial charge in [-0.2, -0.15) is 5.26 Å². The summed E-state index contributed by atoms with van der Waals surface area (Å²) in [4.78, 5) is 15.0. The second kappa shape index (κ2) is 8.09. The minimum absolute atomic E-state index is 0.107. The average molecular weight is 398 g/mol. The number of nitrogens with zero attached hydrogens (tertiary/aromatic N) is 5. The number of non-ortho nitro benzene ring substituents is 1. The van der Waals surface area contributed by atoms with E-state index in [9.17, 15) is 15.4 Å². The van der Waals surface area contributed by atoms with Crippen LogP contribution in [0.15, 0.2) is 24.3 Å². The molecule has 0 N–H and O–H groups in total. The monoisotopic (exact) mass is 397 g/mol. The third-order valence-corrected chi connectivity index (χ3v) is 6.02. The molecule has 0 aliphatic carbocycles. The van der Waals surface area contributed by atoms with E-state index in [-0.39, 0.29) is 10.6 Å². The lowest BCUT2D eigenvalue weighted by atomic mass is 10.0. The lowest BCUT2D eigenvalue weighted by molar-refractivity contribution is -0.384. The van der Waals surface area contributed by atoms with E-state index in [0.29, 0.717) is 16.9 Å². The van der Waals surface area contributed by atoms with E-state index in [1.54, 1.807) is 24.3 Å². The molecule has 2 aromatic rings. The minimum Gasteiger partial charge on any atom is -0.369 e. The topological polar surface area (TPSA) is 78.3 Å². The second-order valence-electron chi connectivity index (χ2n) is 7.08. The van der Waals surface area contributed by atoms with Crippen molar-refractivity contribution in [2.75, 3.05) is 31.1 Å². The maximum Gasteiger partial charge on any atom is 0.269 e. The number of nitro groups is 1. The Morgan fingerprint density at radius 1 is 1.11 bits per heavy atom. The van der Waals surface area contributed by atoms with Gasteiger partial charge in [0.15, 0.2) is 0 Å². The summed E-state index contributed by atoms with van der Waals surface area (Å²) < 4.78 is 2.65. The van der Waals surface area contributed by atoms with E-state index in [1.807, 2.05) is 20.8 Å². The number of aromatic nitrogens is 1. The van der Waals surface area contributed by atoms with Gasteiger partial charge < -0.3 is 9.47 Å². The zero-order chi connectivity index (χ0) is 20.4. The number of anilines is 1. The first-order chi connectivity index (χ1) is 13.3. The van der Waals surface area contributed by atoms with Gasteiger partial charge >= 0.3 is 0 Å². The fourth-order valence-corrected chi connectivity index (χ4v) is 3.94. The predicted octanol–water partition coefficient (Wildman–Crippen LogP) is 3.70. The van der Waals surface area contributed by atoms with Crippen LogP contribution in [-0.2, 0) is 6.67 Å². The van der Waals surface area contributed by atoms with Gasteiger partial charge in [0.25, 0.3) is 5.69 Å². The Labute approximate surface area is 169 Å². The summed E-state index contributed by atoms with van der Waals surface area (Å²) in [7, 11) is 0. The van der Waals surface area contributed by atoms with Gasteiger partial charge in [-0.1, -0.05) is 12.2 Å². The van der Waals surface area contributed by atoms with E-state index in [4.69, 9.17) is 12.2 Å². The van der Waals surface area contributed by atoms with E-state index in [1.165, 1.54) is 0 Å². The fraction of sp³-hybridized carbons (Fsp3) is 0.400. The number of nitro benzene ring substituents is 1. The number of hydrogen-bond acceptors (Lipinski definition) is 6. The Balaban J connectivity index is 1.71. The van der Waals surface area contributed by atoms with Crippen molar-refractivity contribution in [3.05, 3.63) is 61.4 Å². The number of rotatable bonds is 4. The van der Waals surface area contributed by atoms with Crippen LogP contribution in [-0.4, -0.2) is 40.6 Å². The van der Waals surface area contributed by atoms with Crippen molar-refractivity contribution < 1.29 is 4.92 Å². The molecule has 1 aromatic carbocycles. The number of benzene rings is 1. The number of pyridine rings is 1. The van der Waals surface area contributed by atoms with Gasteiger partial charge in [0.05, 0.1) is 17.2 Å². The Morgan fingerprint density at radius 2 is 1.71 bits per heavy atom. The Morgan fingerprint density at radius 3 is 2.25 bits per heavy atom. The quantitative estimate of drug-likeness (QED) is 0.445. The zero-order valence-electron chi connectivity index (χ0n) is 16.3. The average Bonchev–Trinajstić information content (AvgIpc) is 2.70. The lowest BCUT2D eigenvalue weighted by Crippen LogP contribution is -2.47. The van der Waals surface area contributed by atoms with Gasteiger partial charge in [-0.15, -0.1) is 0 Å². The van der Waals surface area contributed by atoms with Crippen LogP contribution in [0.25, 0.3) is 0 Å². The van der Waals surface area contributed by atoms with Gasteiger partial charge in [-0.05, 0) is 44.0 Å². The summed E-state index contributed by atoms with van der Waals surface area (Å²) in [6, 6.07) is 8.94. The van der Waals surface area contributed by atoms with Crippen molar-refractivity contribution in [3.63, 3.8) is 0 Å². The van der Waals surface area contributed by atoms with Crippen molar-refractivity contribution in [2.24, 2.45) is 0 Å². The molecule has 1 aliphatic rings. The molecule has 1 saturated heterocycles. The summed E-state index contributed by atoms with van der Waals surface area (Å²) in [6.07, 6.45) is 0. The molecule has 0 spiro atoms.